The van der Waals surface area contributed by atoms with Crippen molar-refractivity contribution in [3.8, 4) is 0 Å². The molecule has 2 heterocycles. The molecule has 0 spiro atoms. The van der Waals surface area contributed by atoms with Crippen LogP contribution in [-0.4, -0.2) is 16.7 Å². The molecular weight excluding hydrogens is 190 g/mol. The normalized spacial score (nSPS) is 26.8. The summed E-state index contributed by atoms with van der Waals surface area (Å²) in [6, 6.07) is 0.329. The lowest BCUT2D eigenvalue weighted by Crippen LogP contribution is -2.27. The summed E-state index contributed by atoms with van der Waals surface area (Å²) >= 11 is 0. The summed E-state index contributed by atoms with van der Waals surface area (Å²) in [7, 11) is 0. The third-order valence-corrected chi connectivity index (χ3v) is 3.27. The smallest absolute Gasteiger partial charge is 0.226 e. The minimum atomic E-state index is 0.329. The zero-order chi connectivity index (χ0) is 10.1. The summed E-state index contributed by atoms with van der Waals surface area (Å²) in [6.07, 6.45) is 7.33. The summed E-state index contributed by atoms with van der Waals surface area (Å²) in [5, 5.41) is 7.50. The van der Waals surface area contributed by atoms with Crippen molar-refractivity contribution in [1.29, 1.82) is 0 Å². The fourth-order valence-electron chi connectivity index (χ4n) is 2.13. The molecule has 1 atom stereocenters. The van der Waals surface area contributed by atoms with Crippen LogP contribution in [-0.2, 0) is 6.42 Å². The molecule has 0 amide bonds. The van der Waals surface area contributed by atoms with Gasteiger partial charge < -0.3 is 9.84 Å². The van der Waals surface area contributed by atoms with E-state index in [1.54, 1.807) is 0 Å². The van der Waals surface area contributed by atoms with Crippen LogP contribution in [0.25, 0.3) is 0 Å². The molecule has 4 heteroatoms. The monoisotopic (exact) mass is 207 g/mol. The number of rotatable bonds is 3. The molecule has 1 aliphatic carbocycles. The van der Waals surface area contributed by atoms with E-state index in [9.17, 15) is 0 Å². The van der Waals surface area contributed by atoms with Crippen LogP contribution in [0, 0.1) is 5.92 Å². The van der Waals surface area contributed by atoms with E-state index in [1.165, 1.54) is 25.7 Å². The van der Waals surface area contributed by atoms with Crippen LogP contribution >= 0.6 is 0 Å². The second-order valence-corrected chi connectivity index (χ2v) is 4.70. The molecule has 0 bridgehead atoms. The summed E-state index contributed by atoms with van der Waals surface area (Å²) in [6.45, 7) is 1.08. The van der Waals surface area contributed by atoms with Gasteiger partial charge >= 0.3 is 0 Å². The number of nitrogens with zero attached hydrogens (tertiary/aromatic N) is 2. The summed E-state index contributed by atoms with van der Waals surface area (Å²) in [4.78, 5) is 4.47. The van der Waals surface area contributed by atoms with Gasteiger partial charge in [0, 0.05) is 6.42 Å². The summed E-state index contributed by atoms with van der Waals surface area (Å²) in [5.74, 6) is 2.52. The third-order valence-electron chi connectivity index (χ3n) is 3.27. The molecule has 1 aromatic heterocycles. The SMILES string of the molecule is C1CCC(c2noc(CC3CC3)n2)NC1. The predicted molar refractivity (Wildman–Crippen MR) is 55.3 cm³/mol. The van der Waals surface area contributed by atoms with E-state index in [2.05, 4.69) is 15.5 Å². The number of aromatic nitrogens is 2. The standard InChI is InChI=1S/C11H17N3O/c1-2-6-12-9(3-1)11-13-10(15-14-11)7-8-4-5-8/h8-9,12H,1-7H2. The first-order chi connectivity index (χ1) is 7.42. The average molecular weight is 207 g/mol. The Balaban J connectivity index is 1.65. The molecule has 0 radical (unpaired) electrons. The first-order valence-electron chi connectivity index (χ1n) is 5.97. The van der Waals surface area contributed by atoms with Crippen molar-refractivity contribution in [3.63, 3.8) is 0 Å². The van der Waals surface area contributed by atoms with Crippen molar-refractivity contribution in [2.75, 3.05) is 6.54 Å². The Morgan fingerprint density at radius 2 is 2.20 bits per heavy atom. The highest BCUT2D eigenvalue weighted by Crippen LogP contribution is 2.32. The Hall–Kier alpha value is -0.900. The van der Waals surface area contributed by atoms with Crippen molar-refractivity contribution in [3.05, 3.63) is 11.7 Å². The number of piperidine rings is 1. The van der Waals surface area contributed by atoms with Gasteiger partial charge in [0.25, 0.3) is 0 Å². The second kappa shape index (κ2) is 3.93. The van der Waals surface area contributed by atoms with Gasteiger partial charge in [-0.1, -0.05) is 11.6 Å². The van der Waals surface area contributed by atoms with Crippen LogP contribution in [0.4, 0.5) is 0 Å². The number of hydrogen-bond donors (Lipinski definition) is 1. The maximum absolute atomic E-state index is 5.27. The van der Waals surface area contributed by atoms with Crippen LogP contribution in [0.15, 0.2) is 4.52 Å². The maximum atomic E-state index is 5.27. The predicted octanol–water partition coefficient (Wildman–Crippen LogP) is 1.84. The van der Waals surface area contributed by atoms with Crippen LogP contribution in [0.2, 0.25) is 0 Å². The Morgan fingerprint density at radius 3 is 2.93 bits per heavy atom. The molecule has 2 aliphatic rings. The van der Waals surface area contributed by atoms with Crippen molar-refractivity contribution < 1.29 is 4.52 Å². The van der Waals surface area contributed by atoms with Gasteiger partial charge in [-0.15, -0.1) is 0 Å². The Morgan fingerprint density at radius 1 is 1.27 bits per heavy atom. The van der Waals surface area contributed by atoms with Crippen molar-refractivity contribution >= 4 is 0 Å². The van der Waals surface area contributed by atoms with Gasteiger partial charge in [-0.05, 0) is 38.1 Å². The van der Waals surface area contributed by atoms with E-state index in [1.807, 2.05) is 0 Å². The van der Waals surface area contributed by atoms with Crippen LogP contribution in [0.1, 0.15) is 49.9 Å². The van der Waals surface area contributed by atoms with Crippen LogP contribution < -0.4 is 5.32 Å². The fraction of sp³-hybridized carbons (Fsp3) is 0.818. The van der Waals surface area contributed by atoms with Crippen LogP contribution in [0.5, 0.6) is 0 Å². The number of nitrogens with one attached hydrogen (secondary N) is 1. The minimum absolute atomic E-state index is 0.329. The molecule has 1 aliphatic heterocycles. The van der Waals surface area contributed by atoms with Gasteiger partial charge in [-0.25, -0.2) is 0 Å². The molecular formula is C11H17N3O. The molecule has 3 rings (SSSR count). The molecule has 82 valence electrons. The van der Waals surface area contributed by atoms with Crippen molar-refractivity contribution in [1.82, 2.24) is 15.5 Å². The summed E-state index contributed by atoms with van der Waals surface area (Å²) in [5.41, 5.74) is 0. The number of hydrogen-bond acceptors (Lipinski definition) is 4. The van der Waals surface area contributed by atoms with Crippen molar-refractivity contribution in [2.24, 2.45) is 5.92 Å². The van der Waals surface area contributed by atoms with Crippen LogP contribution in [0.3, 0.4) is 0 Å². The first-order valence-corrected chi connectivity index (χ1v) is 5.97. The molecule has 1 saturated heterocycles. The van der Waals surface area contributed by atoms with E-state index in [0.29, 0.717) is 6.04 Å². The summed E-state index contributed by atoms with van der Waals surface area (Å²) < 4.78 is 5.27. The zero-order valence-electron chi connectivity index (χ0n) is 8.91. The lowest BCUT2D eigenvalue weighted by atomic mass is 10.0. The molecule has 15 heavy (non-hydrogen) atoms. The van der Waals surface area contributed by atoms with Gasteiger partial charge in [0.1, 0.15) is 0 Å². The van der Waals surface area contributed by atoms with E-state index < -0.39 is 0 Å². The zero-order valence-corrected chi connectivity index (χ0v) is 8.91. The van der Waals surface area contributed by atoms with E-state index >= 15 is 0 Å². The lowest BCUT2D eigenvalue weighted by molar-refractivity contribution is 0.346. The molecule has 1 saturated carbocycles. The first kappa shape index (κ1) is 9.33. The van der Waals surface area contributed by atoms with Gasteiger partial charge in [0.15, 0.2) is 5.82 Å². The molecule has 2 fully saturated rings. The highest BCUT2D eigenvalue weighted by atomic mass is 16.5. The van der Waals surface area contributed by atoms with E-state index in [-0.39, 0.29) is 0 Å². The largest absolute Gasteiger partial charge is 0.339 e. The average Bonchev–Trinajstić information content (AvgIpc) is 2.96. The minimum Gasteiger partial charge on any atom is -0.339 e. The molecule has 1 unspecified atom stereocenters. The highest BCUT2D eigenvalue weighted by Gasteiger charge is 2.26. The van der Waals surface area contributed by atoms with E-state index in [4.69, 9.17) is 4.52 Å². The lowest BCUT2D eigenvalue weighted by Gasteiger charge is -2.19. The topological polar surface area (TPSA) is 51.0 Å². The molecule has 1 aromatic rings. The van der Waals surface area contributed by atoms with Gasteiger partial charge in [0.2, 0.25) is 5.89 Å². The molecule has 1 N–H and O–H groups in total. The quantitative estimate of drug-likeness (QED) is 0.821. The molecule has 4 nitrogen and oxygen atoms in total. The van der Waals surface area contributed by atoms with Crippen molar-refractivity contribution in [2.45, 2.75) is 44.6 Å². The second-order valence-electron chi connectivity index (χ2n) is 4.70. The van der Waals surface area contributed by atoms with Gasteiger partial charge in [-0.3, -0.25) is 0 Å². The van der Waals surface area contributed by atoms with E-state index in [0.717, 1.165) is 37.0 Å². The highest BCUT2D eigenvalue weighted by molar-refractivity contribution is 4.97. The Labute approximate surface area is 89.4 Å². The maximum Gasteiger partial charge on any atom is 0.226 e. The third kappa shape index (κ3) is 2.20. The Kier molecular flexibility index (Phi) is 2.44. The molecule has 0 aromatic carbocycles. The van der Waals surface area contributed by atoms with Gasteiger partial charge in [-0.2, -0.15) is 4.98 Å². The Bertz CT molecular complexity index is 326. The van der Waals surface area contributed by atoms with Gasteiger partial charge in [0.05, 0.1) is 6.04 Å². The fourth-order valence-corrected chi connectivity index (χ4v) is 2.13.